The van der Waals surface area contributed by atoms with Crippen LogP contribution in [0.1, 0.15) is 77.6 Å². The van der Waals surface area contributed by atoms with Crippen LogP contribution in [0, 0.1) is 17.6 Å². The number of hydrogen-bond acceptors (Lipinski definition) is 12. The highest BCUT2D eigenvalue weighted by molar-refractivity contribution is 6.31. The number of carbonyl (C=O) groups excluding carboxylic acids is 2. The van der Waals surface area contributed by atoms with Crippen molar-refractivity contribution in [1.29, 1.82) is 0 Å². The SMILES string of the molecule is CC(O)CC(=O)N[C@@H]1CCC[C@H](Nc2nc(-c3c[nH]c4ncc(Cl)cc34)ncc2F)C1.O=C(N[C@H]1CCC[C@@H](Nc2nc(-c3c[nH]c4ncc(Cl)cc34)ncc2F)C1)C1CCOCC1. The maximum absolute atomic E-state index is 14.6. The number of aromatic amines is 2. The third-order valence-electron chi connectivity index (χ3n) is 11.8. The van der Waals surface area contributed by atoms with Crippen molar-refractivity contribution in [2.45, 2.75) is 108 Å². The minimum absolute atomic E-state index is 0.00932. The molecule has 3 aliphatic rings. The molecule has 1 unspecified atom stereocenters. The molecular weight excluding hydrogens is 869 g/mol. The zero-order valence-electron chi connectivity index (χ0n) is 35.1. The lowest BCUT2D eigenvalue weighted by Crippen LogP contribution is -2.45. The zero-order chi connectivity index (χ0) is 44.7. The Labute approximate surface area is 377 Å². The molecule has 0 bridgehead atoms. The van der Waals surface area contributed by atoms with E-state index in [-0.39, 0.29) is 60.0 Å². The highest BCUT2D eigenvalue weighted by Crippen LogP contribution is 2.32. The predicted octanol–water partition coefficient (Wildman–Crippen LogP) is 7.50. The number of H-pyrrole nitrogens is 2. The lowest BCUT2D eigenvalue weighted by atomic mass is 9.90. The molecule has 0 spiro atoms. The monoisotopic (exact) mass is 918 g/mol. The van der Waals surface area contributed by atoms with Crippen molar-refractivity contribution in [2.75, 3.05) is 23.8 Å². The highest BCUT2D eigenvalue weighted by atomic mass is 35.5. The molecule has 2 saturated carbocycles. The molecule has 20 heteroatoms. The van der Waals surface area contributed by atoms with Gasteiger partial charge in [-0.1, -0.05) is 23.2 Å². The maximum Gasteiger partial charge on any atom is 0.223 e. The van der Waals surface area contributed by atoms with Crippen molar-refractivity contribution in [3.05, 3.63) is 71.0 Å². The van der Waals surface area contributed by atoms with Gasteiger partial charge in [0.15, 0.2) is 34.9 Å². The largest absolute Gasteiger partial charge is 0.393 e. The van der Waals surface area contributed by atoms with Crippen LogP contribution in [0.4, 0.5) is 20.4 Å². The first-order chi connectivity index (χ1) is 30.9. The fourth-order valence-corrected chi connectivity index (χ4v) is 8.96. The third-order valence-corrected chi connectivity index (χ3v) is 12.2. The van der Waals surface area contributed by atoms with Crippen molar-refractivity contribution < 1.29 is 28.2 Å². The van der Waals surface area contributed by atoms with E-state index in [0.717, 1.165) is 74.8 Å². The summed E-state index contributed by atoms with van der Waals surface area (Å²) in [6.45, 7) is 2.86. The van der Waals surface area contributed by atoms with Gasteiger partial charge >= 0.3 is 0 Å². The minimum Gasteiger partial charge on any atom is -0.393 e. The Morgan fingerprint density at radius 3 is 1.72 bits per heavy atom. The normalized spacial score (nSPS) is 20.8. The summed E-state index contributed by atoms with van der Waals surface area (Å²) in [6, 6.07) is 3.55. The number of carbonyl (C=O) groups is 2. The number of rotatable bonds is 11. The van der Waals surface area contributed by atoms with Crippen LogP contribution in [-0.4, -0.2) is 100 Å². The summed E-state index contributed by atoms with van der Waals surface area (Å²) in [4.78, 5) is 56.3. The van der Waals surface area contributed by atoms with Gasteiger partial charge in [-0.15, -0.1) is 0 Å². The quantitative estimate of drug-likeness (QED) is 0.0672. The van der Waals surface area contributed by atoms with Crippen molar-refractivity contribution in [1.82, 2.24) is 50.5 Å². The first kappa shape index (κ1) is 45.0. The van der Waals surface area contributed by atoms with E-state index in [1.807, 2.05) is 0 Å². The lowest BCUT2D eigenvalue weighted by molar-refractivity contribution is -0.128. The van der Waals surface area contributed by atoms with Gasteiger partial charge in [0.1, 0.15) is 11.3 Å². The van der Waals surface area contributed by atoms with Crippen molar-refractivity contribution in [3.63, 3.8) is 0 Å². The highest BCUT2D eigenvalue weighted by Gasteiger charge is 2.29. The fraction of sp³-hybridized carbons (Fsp3) is 0.455. The first-order valence-corrected chi connectivity index (χ1v) is 22.4. The number of halogens is 4. The average molecular weight is 920 g/mol. The molecule has 338 valence electrons. The molecule has 3 fully saturated rings. The minimum atomic E-state index is -0.680. The summed E-state index contributed by atoms with van der Waals surface area (Å²) in [5, 5.41) is 24.4. The Hall–Kier alpha value is -5.56. The second-order valence-corrected chi connectivity index (χ2v) is 17.6. The molecule has 16 nitrogen and oxygen atoms in total. The number of nitrogens with zero attached hydrogens (tertiary/aromatic N) is 6. The Morgan fingerprint density at radius 2 is 1.22 bits per heavy atom. The topological polar surface area (TPSA) is 221 Å². The van der Waals surface area contributed by atoms with Crippen LogP contribution in [0.2, 0.25) is 10.0 Å². The number of aromatic nitrogens is 8. The first-order valence-electron chi connectivity index (χ1n) is 21.7. The number of hydrogen-bond donors (Lipinski definition) is 7. The number of amides is 2. The molecule has 0 aromatic carbocycles. The zero-order valence-corrected chi connectivity index (χ0v) is 36.7. The molecule has 7 N–H and O–H groups in total. The summed E-state index contributed by atoms with van der Waals surface area (Å²) in [6.07, 6.45) is 16.5. The smallest absolute Gasteiger partial charge is 0.223 e. The van der Waals surface area contributed by atoms with Crippen LogP contribution in [-0.2, 0) is 14.3 Å². The molecule has 7 heterocycles. The molecule has 6 aromatic heterocycles. The van der Waals surface area contributed by atoms with Crippen LogP contribution in [0.3, 0.4) is 0 Å². The van der Waals surface area contributed by atoms with Crippen LogP contribution in [0.25, 0.3) is 44.8 Å². The van der Waals surface area contributed by atoms with Crippen LogP contribution in [0.15, 0.2) is 49.3 Å². The van der Waals surface area contributed by atoms with E-state index in [1.54, 1.807) is 43.8 Å². The van der Waals surface area contributed by atoms with Gasteiger partial charge in [0.2, 0.25) is 11.8 Å². The molecule has 1 saturated heterocycles. The fourth-order valence-electron chi connectivity index (χ4n) is 8.65. The van der Waals surface area contributed by atoms with Crippen molar-refractivity contribution in [3.8, 4) is 22.8 Å². The Balaban J connectivity index is 0.000000175. The van der Waals surface area contributed by atoms with Crippen LogP contribution < -0.4 is 21.3 Å². The van der Waals surface area contributed by atoms with Crippen molar-refractivity contribution >= 4 is 68.7 Å². The number of aliphatic hydroxyl groups is 1. The van der Waals surface area contributed by atoms with Gasteiger partial charge in [0.25, 0.3) is 0 Å². The predicted molar refractivity (Wildman–Crippen MR) is 240 cm³/mol. The Kier molecular flexibility index (Phi) is 14.4. The number of anilines is 2. The van der Waals surface area contributed by atoms with Gasteiger partial charge < -0.3 is 41.1 Å². The van der Waals surface area contributed by atoms with Crippen LogP contribution in [0.5, 0.6) is 0 Å². The number of aliphatic hydroxyl groups excluding tert-OH is 1. The standard InChI is InChI=1S/C23H26ClFN6O2.C21H24ClFN6O2/c24-14-8-17-18(11-27-20(17)26-10-14)21-28-12-19(25)22(31-21)29-15-2-1-3-16(9-15)30-23(32)13-4-6-33-7-5-13;1-11(30)5-18(31)27-13-3-2-4-14(7-13)28-21-17(23)10-26-20(29-21)16-9-25-19-15(16)6-12(22)8-24-19/h8,10-13,15-16H,1-7,9H2,(H,26,27)(H,30,32)(H,28,29,31);6,8-11,13-14,30H,2-5,7H2,1H3,(H,24,25)(H,27,31)(H,26,28,29)/t15-,16+;11?,13-,14+/m11/s1. The molecule has 6 aromatic rings. The summed E-state index contributed by atoms with van der Waals surface area (Å²) in [7, 11) is 0. The molecule has 2 aliphatic carbocycles. The molecule has 9 rings (SSSR count). The van der Waals surface area contributed by atoms with Gasteiger partial charge in [-0.3, -0.25) is 9.59 Å². The molecular formula is C44H50Cl2F2N12O4. The van der Waals surface area contributed by atoms with Crippen molar-refractivity contribution in [2.24, 2.45) is 5.92 Å². The van der Waals surface area contributed by atoms with Crippen LogP contribution >= 0.6 is 23.2 Å². The summed E-state index contributed by atoms with van der Waals surface area (Å²) in [5.41, 5.74) is 2.69. The molecule has 0 radical (unpaired) electrons. The average Bonchev–Trinajstić information content (AvgIpc) is 3.90. The molecule has 5 atom stereocenters. The van der Waals surface area contributed by atoms with Gasteiger partial charge in [0.05, 0.1) is 35.0 Å². The van der Waals surface area contributed by atoms with Gasteiger partial charge in [-0.05, 0) is 83.3 Å². The number of pyridine rings is 2. The maximum atomic E-state index is 14.6. The summed E-state index contributed by atoms with van der Waals surface area (Å²) in [5.74, 6) is -0.0858. The lowest BCUT2D eigenvalue weighted by Gasteiger charge is -2.32. The van der Waals surface area contributed by atoms with E-state index >= 15 is 0 Å². The third kappa shape index (κ3) is 11.2. The molecule has 1 aliphatic heterocycles. The van der Waals surface area contributed by atoms with Gasteiger partial charge in [-0.25, -0.2) is 38.7 Å². The van der Waals surface area contributed by atoms with E-state index in [4.69, 9.17) is 27.9 Å². The molecule has 2 amide bonds. The van der Waals surface area contributed by atoms with E-state index < -0.39 is 17.7 Å². The van der Waals surface area contributed by atoms with E-state index in [1.165, 1.54) is 6.20 Å². The summed E-state index contributed by atoms with van der Waals surface area (Å²) < 4.78 is 34.4. The second kappa shape index (κ2) is 20.5. The van der Waals surface area contributed by atoms with E-state index in [9.17, 15) is 23.5 Å². The Morgan fingerprint density at radius 1 is 0.734 bits per heavy atom. The molecule has 64 heavy (non-hydrogen) atoms. The summed E-state index contributed by atoms with van der Waals surface area (Å²) >= 11 is 12.2. The van der Waals surface area contributed by atoms with Gasteiger partial charge in [-0.2, -0.15) is 0 Å². The second-order valence-electron chi connectivity index (χ2n) is 16.7. The van der Waals surface area contributed by atoms with E-state index in [2.05, 4.69) is 61.1 Å². The number of fused-ring (bicyclic) bond motifs is 2. The van der Waals surface area contributed by atoms with Gasteiger partial charge in [0, 0.05) is 90.0 Å². The number of nitrogens with one attached hydrogen (secondary N) is 6. The van der Waals surface area contributed by atoms with E-state index in [0.29, 0.717) is 63.7 Å². The Bertz CT molecular complexity index is 2590. The number of ether oxygens (including phenoxy) is 1.